The van der Waals surface area contributed by atoms with E-state index < -0.39 is 0 Å². The molecule has 5 rings (SSSR count). The van der Waals surface area contributed by atoms with Crippen molar-refractivity contribution in [1.29, 1.82) is 0 Å². The van der Waals surface area contributed by atoms with Gasteiger partial charge in [0.2, 0.25) is 0 Å². The van der Waals surface area contributed by atoms with Crippen molar-refractivity contribution in [2.45, 2.75) is 6.92 Å². The maximum absolute atomic E-state index is 13.3. The molecule has 5 nitrogen and oxygen atoms in total. The normalized spacial score (nSPS) is 16.7. The van der Waals surface area contributed by atoms with E-state index >= 15 is 0 Å². The number of fused-ring (bicyclic) bond motifs is 1. The molecule has 31 heavy (non-hydrogen) atoms. The fourth-order valence-corrected chi connectivity index (χ4v) is 4.29. The fraction of sp³-hybridized carbons (Fsp3) is 0.0417. The topological polar surface area (TPSA) is 61.4 Å². The molecule has 4 aromatic rings. The highest BCUT2D eigenvalue weighted by molar-refractivity contribution is 8.19. The number of hydrogen-bond acceptors (Lipinski definition) is 4. The van der Waals surface area contributed by atoms with Crippen LogP contribution < -0.4 is 4.90 Å². The van der Waals surface area contributed by atoms with Crippen molar-refractivity contribution in [3.63, 3.8) is 0 Å². The van der Waals surface area contributed by atoms with Gasteiger partial charge in [-0.05, 0) is 78.9 Å². The highest BCUT2D eigenvalue weighted by atomic mass is 32.2. The van der Waals surface area contributed by atoms with Gasteiger partial charge < -0.3 is 4.98 Å². The number of carbonyl (C=O) groups excluding carboxylic acids is 1. The van der Waals surface area contributed by atoms with Crippen LogP contribution in [0.5, 0.6) is 0 Å². The predicted molar refractivity (Wildman–Crippen MR) is 124 cm³/mol. The first-order chi connectivity index (χ1) is 15.1. The van der Waals surface area contributed by atoms with Crippen LogP contribution in [0, 0.1) is 12.7 Å². The number of rotatable bonds is 3. The lowest BCUT2D eigenvalue weighted by Crippen LogP contribution is -2.28. The number of imidazole rings is 1. The van der Waals surface area contributed by atoms with E-state index in [9.17, 15) is 9.18 Å². The Kier molecular flexibility index (Phi) is 4.88. The Labute approximate surface area is 182 Å². The summed E-state index contributed by atoms with van der Waals surface area (Å²) >= 11 is 1.29. The van der Waals surface area contributed by atoms with Gasteiger partial charge in [0.1, 0.15) is 5.82 Å². The highest BCUT2D eigenvalue weighted by Crippen LogP contribution is 2.37. The molecular formula is C24H17FN4OS. The average molecular weight is 428 g/mol. The Hall–Kier alpha value is -3.71. The molecule has 1 aromatic heterocycles. The number of benzene rings is 3. The summed E-state index contributed by atoms with van der Waals surface area (Å²) in [7, 11) is 0. The first-order valence-electron chi connectivity index (χ1n) is 9.65. The molecule has 0 spiro atoms. The molecule has 0 unspecified atom stereocenters. The summed E-state index contributed by atoms with van der Waals surface area (Å²) in [5.74, 6) is -0.485. The number of hydrogen-bond donors (Lipinski definition) is 1. The Bertz CT molecular complexity index is 1340. The molecule has 1 N–H and O–H groups in total. The Morgan fingerprint density at radius 1 is 1.06 bits per heavy atom. The second-order valence-corrected chi connectivity index (χ2v) is 8.15. The second-order valence-electron chi connectivity index (χ2n) is 7.14. The second kappa shape index (κ2) is 7.85. The molecule has 0 saturated carbocycles. The van der Waals surface area contributed by atoms with Crippen LogP contribution in [-0.2, 0) is 4.79 Å². The average Bonchev–Trinajstić information content (AvgIpc) is 3.35. The number of thioether (sulfide) groups is 1. The summed E-state index contributed by atoms with van der Waals surface area (Å²) < 4.78 is 13.3. The summed E-state index contributed by atoms with van der Waals surface area (Å²) in [4.78, 5) is 27.4. The Morgan fingerprint density at radius 3 is 2.61 bits per heavy atom. The van der Waals surface area contributed by atoms with Crippen molar-refractivity contribution in [2.24, 2.45) is 4.99 Å². The zero-order valence-corrected chi connectivity index (χ0v) is 17.4. The van der Waals surface area contributed by atoms with Crippen LogP contribution in [0.15, 0.2) is 83.0 Å². The number of carbonyl (C=O) groups is 1. The van der Waals surface area contributed by atoms with E-state index in [1.54, 1.807) is 23.4 Å². The number of amides is 1. The first kappa shape index (κ1) is 19.3. The van der Waals surface area contributed by atoms with Crippen LogP contribution in [-0.4, -0.2) is 21.0 Å². The van der Waals surface area contributed by atoms with Crippen LogP contribution >= 0.6 is 11.8 Å². The number of H-pyrrole nitrogens is 1. The van der Waals surface area contributed by atoms with E-state index in [0.29, 0.717) is 15.8 Å². The van der Waals surface area contributed by atoms with Crippen LogP contribution in [0.3, 0.4) is 0 Å². The molecule has 1 aliphatic heterocycles. The number of amidine groups is 1. The van der Waals surface area contributed by atoms with Crippen molar-refractivity contribution < 1.29 is 9.18 Å². The molecule has 152 valence electrons. The van der Waals surface area contributed by atoms with Crippen LogP contribution in [0.25, 0.3) is 17.1 Å². The van der Waals surface area contributed by atoms with Crippen molar-refractivity contribution >= 4 is 51.3 Å². The Balaban J connectivity index is 1.57. The minimum absolute atomic E-state index is 0.156. The zero-order valence-electron chi connectivity index (χ0n) is 16.5. The van der Waals surface area contributed by atoms with Gasteiger partial charge in [0.15, 0.2) is 5.17 Å². The molecule has 0 aliphatic carbocycles. The van der Waals surface area contributed by atoms with Gasteiger partial charge in [0.05, 0.1) is 33.6 Å². The fourth-order valence-electron chi connectivity index (χ4n) is 3.29. The summed E-state index contributed by atoms with van der Waals surface area (Å²) in [5, 5.41) is 0.521. The van der Waals surface area contributed by atoms with Crippen molar-refractivity contribution in [1.82, 2.24) is 9.97 Å². The molecule has 1 aliphatic rings. The lowest BCUT2D eigenvalue weighted by molar-refractivity contribution is -0.113. The monoisotopic (exact) mass is 428 g/mol. The number of nitrogens with one attached hydrogen (secondary N) is 1. The number of nitrogens with zero attached hydrogens (tertiary/aromatic N) is 3. The zero-order chi connectivity index (χ0) is 21.4. The number of aromatic nitrogens is 2. The minimum atomic E-state index is -0.330. The third-order valence-corrected chi connectivity index (χ3v) is 5.86. The summed E-state index contributed by atoms with van der Waals surface area (Å²) in [6.07, 6.45) is 3.49. The number of aryl methyl sites for hydroxylation is 1. The lowest BCUT2D eigenvalue weighted by atomic mass is 10.1. The highest BCUT2D eigenvalue weighted by Gasteiger charge is 2.34. The number of aliphatic imine (C=N–C) groups is 1. The molecule has 3 aromatic carbocycles. The van der Waals surface area contributed by atoms with Gasteiger partial charge in [-0.25, -0.2) is 14.4 Å². The maximum atomic E-state index is 13.3. The minimum Gasteiger partial charge on any atom is -0.345 e. The molecular weight excluding hydrogens is 411 g/mol. The van der Waals surface area contributed by atoms with Crippen LogP contribution in [0.2, 0.25) is 0 Å². The molecule has 0 atom stereocenters. The third-order valence-electron chi connectivity index (χ3n) is 4.89. The Morgan fingerprint density at radius 2 is 1.84 bits per heavy atom. The van der Waals surface area contributed by atoms with E-state index in [1.165, 1.54) is 23.9 Å². The van der Waals surface area contributed by atoms with Gasteiger partial charge in [-0.2, -0.15) is 0 Å². The maximum Gasteiger partial charge on any atom is 0.271 e. The molecule has 1 saturated heterocycles. The quantitative estimate of drug-likeness (QED) is 0.418. The molecule has 1 amide bonds. The number of aromatic amines is 1. The lowest BCUT2D eigenvalue weighted by Gasteiger charge is -2.16. The first-order valence-corrected chi connectivity index (χ1v) is 10.5. The van der Waals surface area contributed by atoms with Crippen molar-refractivity contribution in [3.05, 3.63) is 94.9 Å². The molecule has 1 fully saturated rings. The van der Waals surface area contributed by atoms with Crippen LogP contribution in [0.4, 0.5) is 15.8 Å². The van der Waals surface area contributed by atoms with Gasteiger partial charge in [-0.1, -0.05) is 23.8 Å². The van der Waals surface area contributed by atoms with Crippen LogP contribution in [0.1, 0.15) is 11.1 Å². The van der Waals surface area contributed by atoms with E-state index in [1.807, 2.05) is 55.5 Å². The van der Waals surface area contributed by atoms with E-state index in [0.717, 1.165) is 27.8 Å². The van der Waals surface area contributed by atoms with Gasteiger partial charge in [0, 0.05) is 0 Å². The molecule has 0 bridgehead atoms. The van der Waals surface area contributed by atoms with E-state index in [-0.39, 0.29) is 11.7 Å². The SMILES string of the molecule is Cc1ccc(N2C(=O)/C(=C/c3ccc4[nH]cnc4c3)S/C2=N\c2ccc(F)cc2)cc1. The standard InChI is InChI=1S/C24H17FN4OS/c1-15-2-9-19(10-3-15)29-23(30)22(13-16-4-11-20-21(12-16)27-14-26-20)31-24(29)28-18-7-5-17(25)6-8-18/h2-14H,1H3,(H,26,27)/b22-13-,28-24-. The van der Waals surface area contributed by atoms with Gasteiger partial charge >= 0.3 is 0 Å². The largest absolute Gasteiger partial charge is 0.345 e. The smallest absolute Gasteiger partial charge is 0.271 e. The van der Waals surface area contributed by atoms with Crippen molar-refractivity contribution in [3.8, 4) is 0 Å². The molecule has 0 radical (unpaired) electrons. The summed E-state index contributed by atoms with van der Waals surface area (Å²) in [6.45, 7) is 1.99. The van der Waals surface area contributed by atoms with Gasteiger partial charge in [0.25, 0.3) is 5.91 Å². The third kappa shape index (κ3) is 3.87. The predicted octanol–water partition coefficient (Wildman–Crippen LogP) is 5.82. The summed E-state index contributed by atoms with van der Waals surface area (Å²) in [6, 6.07) is 19.4. The van der Waals surface area contributed by atoms with E-state index in [4.69, 9.17) is 0 Å². The van der Waals surface area contributed by atoms with Gasteiger partial charge in [-0.3, -0.25) is 9.69 Å². The van der Waals surface area contributed by atoms with E-state index in [2.05, 4.69) is 15.0 Å². The number of halogens is 1. The van der Waals surface area contributed by atoms with Gasteiger partial charge in [-0.15, -0.1) is 0 Å². The molecule has 2 heterocycles. The van der Waals surface area contributed by atoms with Crippen molar-refractivity contribution in [2.75, 3.05) is 4.90 Å². The molecule has 7 heteroatoms. The summed E-state index contributed by atoms with van der Waals surface area (Å²) in [5.41, 5.74) is 5.06. The number of anilines is 1.